The molecule has 29 heavy (non-hydrogen) atoms. The summed E-state index contributed by atoms with van der Waals surface area (Å²) >= 11 is 0. The van der Waals surface area contributed by atoms with Crippen molar-refractivity contribution >= 4 is 22.8 Å². The van der Waals surface area contributed by atoms with Crippen molar-refractivity contribution in [3.05, 3.63) is 42.2 Å². The maximum atomic E-state index is 11.6. The van der Waals surface area contributed by atoms with Crippen LogP contribution < -0.4 is 9.47 Å². The van der Waals surface area contributed by atoms with Gasteiger partial charge in [0, 0.05) is 29.4 Å². The Labute approximate surface area is 165 Å². The number of H-pyrrole nitrogens is 1. The fourth-order valence-electron chi connectivity index (χ4n) is 3.01. The van der Waals surface area contributed by atoms with E-state index in [1.54, 1.807) is 43.4 Å². The van der Waals surface area contributed by atoms with E-state index in [2.05, 4.69) is 15.0 Å². The molecule has 0 unspecified atom stereocenters. The number of aromatic amines is 1. The molecule has 0 aliphatic carbocycles. The van der Waals surface area contributed by atoms with E-state index < -0.39 is 17.8 Å². The molecule has 0 atom stereocenters. The second kappa shape index (κ2) is 7.06. The monoisotopic (exact) mass is 398 g/mol. The number of nitrogens with one attached hydrogen (secondary N) is 1. The molecule has 1 fully saturated rings. The molecule has 1 N–H and O–H groups in total. The van der Waals surface area contributed by atoms with Gasteiger partial charge in [-0.05, 0) is 37.9 Å². The molecule has 2 aromatic heterocycles. The summed E-state index contributed by atoms with van der Waals surface area (Å²) in [7, 11) is 4.83. The van der Waals surface area contributed by atoms with E-state index in [-0.39, 0.29) is 12.4 Å². The third-order valence-corrected chi connectivity index (χ3v) is 4.53. The first-order chi connectivity index (χ1) is 13.9. The first-order valence-corrected chi connectivity index (χ1v) is 8.69. The Balaban J connectivity index is 1.65. The normalized spacial score (nSPS) is 15.4. The molecular weight excluding hydrogens is 380 g/mol. The standard InChI is InChI=1S/C19H18N4O6/c1-23(2)19(28-16(24)17(25)29-19)9-11-10-21-14-5-4-12(8-13(11)14)27-18-20-7-6-15(22-18)26-3/h4-8,10,21H,9H2,1-3H3. The molecule has 1 aromatic carbocycles. The topological polar surface area (TPSA) is 116 Å². The molecule has 0 radical (unpaired) electrons. The number of likely N-dealkylation sites (N-methyl/N-ethyl adjacent to an activating group) is 1. The molecule has 10 heteroatoms. The molecule has 0 spiro atoms. The second-order valence-electron chi connectivity index (χ2n) is 6.57. The minimum Gasteiger partial charge on any atom is -0.481 e. The number of nitrogens with zero attached hydrogens (tertiary/aromatic N) is 3. The number of methoxy groups -OCH3 is 1. The van der Waals surface area contributed by atoms with E-state index in [1.807, 2.05) is 6.07 Å². The summed E-state index contributed by atoms with van der Waals surface area (Å²) in [6, 6.07) is 7.16. The Bertz CT molecular complexity index is 1080. The fraction of sp³-hybridized carbons (Fsp3) is 0.263. The molecule has 3 aromatic rings. The fourth-order valence-corrected chi connectivity index (χ4v) is 3.01. The smallest absolute Gasteiger partial charge is 0.421 e. The highest BCUT2D eigenvalue weighted by Gasteiger charge is 2.51. The molecule has 0 saturated carbocycles. The number of carbonyl (C=O) groups excluding carboxylic acids is 2. The molecule has 1 saturated heterocycles. The van der Waals surface area contributed by atoms with Crippen LogP contribution in [-0.4, -0.2) is 58.9 Å². The van der Waals surface area contributed by atoms with Crippen LogP contribution in [0.5, 0.6) is 17.6 Å². The van der Waals surface area contributed by atoms with Crippen molar-refractivity contribution in [3.8, 4) is 17.6 Å². The number of cyclic esters (lactones) is 2. The number of carbonyl (C=O) groups is 2. The van der Waals surface area contributed by atoms with Crippen molar-refractivity contribution in [2.24, 2.45) is 0 Å². The van der Waals surface area contributed by atoms with Crippen LogP contribution in [0.15, 0.2) is 36.7 Å². The van der Waals surface area contributed by atoms with Crippen LogP contribution in [-0.2, 0) is 25.5 Å². The summed E-state index contributed by atoms with van der Waals surface area (Å²) in [5, 5.41) is 0.811. The highest BCUT2D eigenvalue weighted by Crippen LogP contribution is 2.33. The molecule has 1 aliphatic heterocycles. The van der Waals surface area contributed by atoms with Crippen LogP contribution in [0.25, 0.3) is 10.9 Å². The van der Waals surface area contributed by atoms with Crippen molar-refractivity contribution in [3.63, 3.8) is 0 Å². The van der Waals surface area contributed by atoms with Crippen molar-refractivity contribution in [2.45, 2.75) is 12.3 Å². The predicted molar refractivity (Wildman–Crippen MR) is 99.3 cm³/mol. The Morgan fingerprint density at radius 3 is 2.62 bits per heavy atom. The number of hydrogen-bond acceptors (Lipinski definition) is 9. The molecule has 4 rings (SSSR count). The number of hydrogen-bond donors (Lipinski definition) is 1. The summed E-state index contributed by atoms with van der Waals surface area (Å²) in [5.41, 5.74) is 1.61. The number of esters is 2. The van der Waals surface area contributed by atoms with Gasteiger partial charge in [0.05, 0.1) is 13.5 Å². The van der Waals surface area contributed by atoms with Gasteiger partial charge >= 0.3 is 23.9 Å². The average molecular weight is 398 g/mol. The van der Waals surface area contributed by atoms with Crippen LogP contribution in [0.1, 0.15) is 5.56 Å². The molecule has 1 aliphatic rings. The predicted octanol–water partition coefficient (Wildman–Crippen LogP) is 1.62. The van der Waals surface area contributed by atoms with E-state index in [4.69, 9.17) is 18.9 Å². The zero-order valence-electron chi connectivity index (χ0n) is 16.0. The Kier molecular flexibility index (Phi) is 4.55. The molecule has 3 heterocycles. The van der Waals surface area contributed by atoms with Crippen LogP contribution >= 0.6 is 0 Å². The average Bonchev–Trinajstić information content (AvgIpc) is 3.23. The van der Waals surface area contributed by atoms with E-state index in [9.17, 15) is 9.59 Å². The lowest BCUT2D eigenvalue weighted by atomic mass is 10.1. The Hall–Kier alpha value is -3.66. The van der Waals surface area contributed by atoms with Crippen LogP contribution in [0, 0.1) is 0 Å². The highest BCUT2D eigenvalue weighted by molar-refractivity contribution is 6.31. The van der Waals surface area contributed by atoms with Crippen molar-refractivity contribution in [1.82, 2.24) is 19.9 Å². The SMILES string of the molecule is COc1ccnc(Oc2ccc3[nH]cc(CC4(N(C)C)OC(=O)C(=O)O4)c3c2)n1. The number of fused-ring (bicyclic) bond motifs is 1. The third kappa shape index (κ3) is 3.45. The minimum absolute atomic E-state index is 0.136. The van der Waals surface area contributed by atoms with Gasteiger partial charge in [0.15, 0.2) is 0 Å². The quantitative estimate of drug-likeness (QED) is 0.488. The van der Waals surface area contributed by atoms with E-state index in [0.29, 0.717) is 11.6 Å². The van der Waals surface area contributed by atoms with Gasteiger partial charge in [0.2, 0.25) is 5.88 Å². The third-order valence-electron chi connectivity index (χ3n) is 4.53. The molecule has 0 amide bonds. The summed E-state index contributed by atoms with van der Waals surface area (Å²) in [6.07, 6.45) is 3.43. The number of benzene rings is 1. The molecule has 150 valence electrons. The summed E-state index contributed by atoms with van der Waals surface area (Å²) in [6.45, 7) is 0. The van der Waals surface area contributed by atoms with Gasteiger partial charge in [-0.25, -0.2) is 19.5 Å². The minimum atomic E-state index is -1.50. The zero-order valence-corrected chi connectivity index (χ0v) is 16.0. The summed E-state index contributed by atoms with van der Waals surface area (Å²) in [5.74, 6) is -2.65. The maximum absolute atomic E-state index is 11.6. The van der Waals surface area contributed by atoms with Crippen molar-refractivity contribution in [2.75, 3.05) is 21.2 Å². The summed E-state index contributed by atoms with van der Waals surface area (Å²) in [4.78, 5) is 36.1. The first kappa shape index (κ1) is 18.7. The largest absolute Gasteiger partial charge is 0.481 e. The lowest BCUT2D eigenvalue weighted by Gasteiger charge is -2.31. The lowest BCUT2D eigenvalue weighted by molar-refractivity contribution is -0.236. The Morgan fingerprint density at radius 1 is 1.17 bits per heavy atom. The number of aromatic nitrogens is 3. The lowest BCUT2D eigenvalue weighted by Crippen LogP contribution is -2.47. The van der Waals surface area contributed by atoms with E-state index in [1.165, 1.54) is 13.3 Å². The molecule has 10 nitrogen and oxygen atoms in total. The highest BCUT2D eigenvalue weighted by atomic mass is 16.8. The molecular formula is C19H18N4O6. The van der Waals surface area contributed by atoms with E-state index >= 15 is 0 Å². The van der Waals surface area contributed by atoms with Gasteiger partial charge in [-0.2, -0.15) is 4.98 Å². The van der Waals surface area contributed by atoms with Crippen LogP contribution in [0.4, 0.5) is 0 Å². The Morgan fingerprint density at radius 2 is 1.93 bits per heavy atom. The van der Waals surface area contributed by atoms with Gasteiger partial charge in [-0.15, -0.1) is 0 Å². The van der Waals surface area contributed by atoms with Crippen molar-refractivity contribution < 1.29 is 28.5 Å². The number of ether oxygens (including phenoxy) is 4. The van der Waals surface area contributed by atoms with Gasteiger partial charge in [0.25, 0.3) is 0 Å². The van der Waals surface area contributed by atoms with Gasteiger partial charge in [-0.1, -0.05) is 0 Å². The summed E-state index contributed by atoms with van der Waals surface area (Å²) < 4.78 is 21.3. The van der Waals surface area contributed by atoms with Gasteiger partial charge in [0.1, 0.15) is 5.75 Å². The van der Waals surface area contributed by atoms with Gasteiger partial charge in [-0.3, -0.25) is 0 Å². The van der Waals surface area contributed by atoms with Crippen LogP contribution in [0.3, 0.4) is 0 Å². The second-order valence-corrected chi connectivity index (χ2v) is 6.57. The first-order valence-electron chi connectivity index (χ1n) is 8.69. The van der Waals surface area contributed by atoms with Crippen molar-refractivity contribution in [1.29, 1.82) is 0 Å². The maximum Gasteiger partial charge on any atom is 0.421 e. The van der Waals surface area contributed by atoms with E-state index in [0.717, 1.165) is 16.5 Å². The zero-order chi connectivity index (χ0) is 20.6. The van der Waals surface area contributed by atoms with Gasteiger partial charge < -0.3 is 23.9 Å². The number of rotatable bonds is 6. The molecule has 0 bridgehead atoms. The van der Waals surface area contributed by atoms with Crippen LogP contribution in [0.2, 0.25) is 0 Å².